The Balaban J connectivity index is 1.58. The van der Waals surface area contributed by atoms with E-state index in [9.17, 15) is 15.0 Å². The fraction of sp³-hybridized carbons (Fsp3) is 0.593. The van der Waals surface area contributed by atoms with E-state index < -0.39 is 17.1 Å². The van der Waals surface area contributed by atoms with Crippen LogP contribution >= 0.6 is 0 Å². The number of rotatable bonds is 5. The van der Waals surface area contributed by atoms with Crippen molar-refractivity contribution in [2.24, 2.45) is 0 Å². The fourth-order valence-corrected chi connectivity index (χ4v) is 7.63. The van der Waals surface area contributed by atoms with Gasteiger partial charge >= 0.3 is 0 Å². The van der Waals surface area contributed by atoms with Crippen LogP contribution in [0.15, 0.2) is 12.1 Å². The van der Waals surface area contributed by atoms with Crippen molar-refractivity contribution in [2.45, 2.75) is 76.5 Å². The summed E-state index contributed by atoms with van der Waals surface area (Å²) in [6.07, 6.45) is 2.55. The summed E-state index contributed by atoms with van der Waals surface area (Å²) in [6.45, 7) is 11.3. The summed E-state index contributed by atoms with van der Waals surface area (Å²) in [5.41, 5.74) is 3.87. The number of aromatic hydroxyl groups is 1. The number of likely N-dealkylation sites (tertiary alicyclic amines) is 1. The molecule has 7 heteroatoms. The molecular weight excluding hydrogens is 430 g/mol. The van der Waals surface area contributed by atoms with E-state index in [1.165, 1.54) is 0 Å². The van der Waals surface area contributed by atoms with Crippen molar-refractivity contribution in [2.75, 3.05) is 26.2 Å². The van der Waals surface area contributed by atoms with Gasteiger partial charge in [0.25, 0.3) is 5.91 Å². The third-order valence-corrected chi connectivity index (χ3v) is 9.22. The molecule has 3 heterocycles. The number of aliphatic hydroxyl groups is 1. The molecule has 182 valence electrons. The van der Waals surface area contributed by atoms with Crippen LogP contribution in [0.4, 0.5) is 0 Å². The summed E-state index contributed by atoms with van der Waals surface area (Å²) < 4.78 is 6.57. The predicted molar refractivity (Wildman–Crippen MR) is 129 cm³/mol. The highest BCUT2D eigenvalue weighted by Crippen LogP contribution is 2.68. The van der Waals surface area contributed by atoms with Gasteiger partial charge in [0.15, 0.2) is 17.6 Å². The molecule has 2 aliphatic carbocycles. The molecule has 1 spiro atoms. The van der Waals surface area contributed by atoms with Crippen LogP contribution in [0.3, 0.4) is 0 Å². The van der Waals surface area contributed by atoms with E-state index in [1.807, 2.05) is 31.7 Å². The lowest BCUT2D eigenvalue weighted by molar-refractivity contribution is -0.172. The molecule has 7 nitrogen and oxygen atoms in total. The largest absolute Gasteiger partial charge is 0.504 e. The van der Waals surface area contributed by atoms with Gasteiger partial charge in [-0.2, -0.15) is 0 Å². The Hall–Kier alpha value is -2.51. The van der Waals surface area contributed by atoms with E-state index in [0.717, 1.165) is 60.3 Å². The van der Waals surface area contributed by atoms with Gasteiger partial charge in [-0.1, -0.05) is 13.0 Å². The molecule has 2 aliphatic heterocycles. The van der Waals surface area contributed by atoms with E-state index in [4.69, 9.17) is 4.74 Å². The van der Waals surface area contributed by atoms with E-state index >= 15 is 0 Å². The van der Waals surface area contributed by atoms with Gasteiger partial charge in [0.1, 0.15) is 5.69 Å². The monoisotopic (exact) mass is 465 g/mol. The maximum absolute atomic E-state index is 13.4. The van der Waals surface area contributed by atoms with E-state index in [0.29, 0.717) is 31.0 Å². The number of nitrogens with one attached hydrogen (secondary N) is 1. The number of hydrogen-bond acceptors (Lipinski definition) is 5. The maximum Gasteiger partial charge on any atom is 0.270 e. The van der Waals surface area contributed by atoms with E-state index in [2.05, 4.69) is 16.8 Å². The van der Waals surface area contributed by atoms with Crippen LogP contribution in [0.2, 0.25) is 0 Å². The average Bonchev–Trinajstić information content (AvgIpc) is 3.33. The van der Waals surface area contributed by atoms with Crippen LogP contribution in [0.25, 0.3) is 0 Å². The van der Waals surface area contributed by atoms with Crippen molar-refractivity contribution in [1.29, 1.82) is 0 Å². The lowest BCUT2D eigenvalue weighted by Gasteiger charge is -2.62. The number of ether oxygens (including phenoxy) is 1. The molecule has 0 saturated carbocycles. The minimum absolute atomic E-state index is 0.0148. The Labute approximate surface area is 200 Å². The molecule has 1 fully saturated rings. The predicted octanol–water partition coefficient (Wildman–Crippen LogP) is 3.21. The number of aromatic nitrogens is 1. The molecule has 1 amide bonds. The van der Waals surface area contributed by atoms with Crippen LogP contribution in [-0.4, -0.2) is 68.7 Å². The summed E-state index contributed by atoms with van der Waals surface area (Å²) in [7, 11) is 0. The summed E-state index contributed by atoms with van der Waals surface area (Å²) in [5, 5.41) is 23.5. The molecule has 0 radical (unpaired) electrons. The molecule has 3 N–H and O–H groups in total. The summed E-state index contributed by atoms with van der Waals surface area (Å²) in [6, 6.07) is 3.71. The number of piperidine rings is 1. The number of carbonyl (C=O) groups excluding carboxylic acids is 1. The molecule has 4 unspecified atom stereocenters. The molecule has 4 aliphatic rings. The first kappa shape index (κ1) is 22.0. The maximum atomic E-state index is 13.4. The minimum atomic E-state index is -1.04. The van der Waals surface area contributed by atoms with Gasteiger partial charge in [0.05, 0.1) is 16.7 Å². The molecule has 4 atom stereocenters. The van der Waals surface area contributed by atoms with E-state index in [1.54, 1.807) is 6.07 Å². The number of carbonyl (C=O) groups is 1. The lowest BCUT2D eigenvalue weighted by Crippen LogP contribution is -2.74. The van der Waals surface area contributed by atoms with Gasteiger partial charge in [0, 0.05) is 31.1 Å². The summed E-state index contributed by atoms with van der Waals surface area (Å²) >= 11 is 0. The lowest BCUT2D eigenvalue weighted by atomic mass is 9.49. The Kier molecular flexibility index (Phi) is 4.69. The summed E-state index contributed by atoms with van der Waals surface area (Å²) in [5.74, 6) is 0.627. The Morgan fingerprint density at radius 1 is 1.29 bits per heavy atom. The second-order valence-corrected chi connectivity index (χ2v) is 10.5. The van der Waals surface area contributed by atoms with E-state index in [-0.39, 0.29) is 17.7 Å². The minimum Gasteiger partial charge on any atom is -0.504 e. The fourth-order valence-electron chi connectivity index (χ4n) is 7.63. The molecule has 2 bridgehead atoms. The Bertz CT molecular complexity index is 1190. The number of benzene rings is 1. The first-order valence-electron chi connectivity index (χ1n) is 12.8. The third kappa shape index (κ3) is 2.42. The van der Waals surface area contributed by atoms with Crippen LogP contribution in [0.1, 0.15) is 78.2 Å². The highest BCUT2D eigenvalue weighted by molar-refractivity contribution is 5.94. The van der Waals surface area contributed by atoms with Crippen LogP contribution in [0.5, 0.6) is 11.5 Å². The zero-order chi connectivity index (χ0) is 24.0. The second kappa shape index (κ2) is 7.25. The summed E-state index contributed by atoms with van der Waals surface area (Å²) in [4.78, 5) is 21.1. The SMILES string of the molecule is CCCN1CCC23c4c5ccc(O)c4OC2c2[nH]c(C(=O)N(CC)CC)c(C)c2CC3(O)C1C5. The van der Waals surface area contributed by atoms with Gasteiger partial charge in [-0.05, 0) is 75.9 Å². The number of amides is 1. The van der Waals surface area contributed by atoms with Crippen molar-refractivity contribution >= 4 is 5.91 Å². The third-order valence-electron chi connectivity index (χ3n) is 9.22. The highest BCUT2D eigenvalue weighted by Gasteiger charge is 2.72. The molecular formula is C27H35N3O4. The zero-order valence-electron chi connectivity index (χ0n) is 20.6. The van der Waals surface area contributed by atoms with Crippen molar-refractivity contribution < 1.29 is 19.7 Å². The molecule has 6 rings (SSSR count). The molecule has 1 saturated heterocycles. The van der Waals surface area contributed by atoms with Gasteiger partial charge < -0.3 is 24.8 Å². The van der Waals surface area contributed by atoms with Gasteiger partial charge in [0.2, 0.25) is 0 Å². The van der Waals surface area contributed by atoms with Crippen molar-refractivity contribution in [3.8, 4) is 11.5 Å². The smallest absolute Gasteiger partial charge is 0.270 e. The van der Waals surface area contributed by atoms with Gasteiger partial charge in [-0.15, -0.1) is 0 Å². The number of fused-ring (bicyclic) bond motifs is 2. The number of nitrogens with zero attached hydrogens (tertiary/aromatic N) is 2. The number of phenolic OH excluding ortho intramolecular Hbond substituents is 1. The van der Waals surface area contributed by atoms with Crippen LogP contribution < -0.4 is 4.74 Å². The zero-order valence-corrected chi connectivity index (χ0v) is 20.6. The Morgan fingerprint density at radius 3 is 2.76 bits per heavy atom. The number of phenols is 1. The highest BCUT2D eigenvalue weighted by atomic mass is 16.5. The molecule has 1 aromatic carbocycles. The van der Waals surface area contributed by atoms with Crippen LogP contribution in [-0.2, 0) is 18.3 Å². The number of hydrogen-bond donors (Lipinski definition) is 3. The normalized spacial score (nSPS) is 30.5. The molecule has 1 aromatic heterocycles. The van der Waals surface area contributed by atoms with Gasteiger partial charge in [-0.25, -0.2) is 0 Å². The molecule has 2 aromatic rings. The Morgan fingerprint density at radius 2 is 2.06 bits per heavy atom. The molecule has 34 heavy (non-hydrogen) atoms. The van der Waals surface area contributed by atoms with Crippen molar-refractivity contribution in [1.82, 2.24) is 14.8 Å². The first-order chi connectivity index (χ1) is 16.3. The van der Waals surface area contributed by atoms with Crippen molar-refractivity contribution in [3.63, 3.8) is 0 Å². The van der Waals surface area contributed by atoms with Crippen molar-refractivity contribution in [3.05, 3.63) is 45.8 Å². The quantitative estimate of drug-likeness (QED) is 0.631. The topological polar surface area (TPSA) is 89.0 Å². The standard InChI is InChI=1S/C27H35N3O4/c1-5-11-30-12-10-26-20-16-8-9-18(31)23(20)34-24(26)22-17(14-27(26,33)19(30)13-16)15(4)21(28-22)25(32)29(6-2)7-3/h8-9,19,24,28,31,33H,5-7,10-14H2,1-4H3. The van der Waals surface area contributed by atoms with Crippen LogP contribution in [0, 0.1) is 6.92 Å². The van der Waals surface area contributed by atoms with Gasteiger partial charge in [-0.3, -0.25) is 9.69 Å². The average molecular weight is 466 g/mol. The second-order valence-electron chi connectivity index (χ2n) is 10.5. The number of aromatic amines is 1. The number of H-pyrrole nitrogens is 1. The first-order valence-corrected chi connectivity index (χ1v) is 12.8.